The second-order valence-corrected chi connectivity index (χ2v) is 15.1. The Morgan fingerprint density at radius 3 is 2.05 bits per heavy atom. The fourth-order valence-corrected chi connectivity index (χ4v) is 7.88. The van der Waals surface area contributed by atoms with E-state index < -0.39 is 6.09 Å². The first kappa shape index (κ1) is 36.0. The minimum Gasteiger partial charge on any atom is -0.464 e. The Kier molecular flexibility index (Phi) is 14.1. The maximum absolute atomic E-state index is 12.7. The topological polar surface area (TPSA) is 117 Å². The molecule has 0 heterocycles. The number of nitrogens with zero attached hydrogens (tertiary/aromatic N) is 2. The number of carbonyl (C=O) groups excluding carboxylic acids is 4. The van der Waals surface area contributed by atoms with Gasteiger partial charge >= 0.3 is 18.1 Å². The van der Waals surface area contributed by atoms with E-state index in [1.54, 1.807) is 23.9 Å². The van der Waals surface area contributed by atoms with Gasteiger partial charge in [0, 0.05) is 39.5 Å². The van der Waals surface area contributed by atoms with E-state index in [9.17, 15) is 19.2 Å². The summed E-state index contributed by atoms with van der Waals surface area (Å²) < 4.78 is 10.9. The molecule has 3 fully saturated rings. The highest BCUT2D eigenvalue weighted by atomic mass is 16.5. The number of hydrogen-bond acceptors (Lipinski definition) is 6. The Labute approximate surface area is 265 Å². The quantitative estimate of drug-likeness (QED) is 0.248. The highest BCUT2D eigenvalue weighted by molar-refractivity contribution is 5.76. The number of carbonyl (C=O) groups is 4. The normalized spacial score (nSPS) is 24.2. The lowest BCUT2D eigenvalue weighted by Gasteiger charge is -2.46. The van der Waals surface area contributed by atoms with Crippen LogP contribution in [-0.2, 0) is 19.1 Å². The van der Waals surface area contributed by atoms with Crippen LogP contribution in [0.15, 0.2) is 0 Å². The predicted molar refractivity (Wildman–Crippen MR) is 171 cm³/mol. The van der Waals surface area contributed by atoms with E-state index in [1.807, 2.05) is 0 Å². The van der Waals surface area contributed by atoms with Gasteiger partial charge in [-0.25, -0.2) is 9.59 Å². The fourth-order valence-electron chi connectivity index (χ4n) is 7.88. The van der Waals surface area contributed by atoms with Gasteiger partial charge in [0.25, 0.3) is 0 Å². The lowest BCUT2D eigenvalue weighted by atomic mass is 9.60. The second kappa shape index (κ2) is 17.2. The van der Waals surface area contributed by atoms with E-state index in [-0.39, 0.29) is 53.9 Å². The van der Waals surface area contributed by atoms with Gasteiger partial charge in [-0.3, -0.25) is 9.59 Å². The van der Waals surface area contributed by atoms with Gasteiger partial charge < -0.3 is 29.9 Å². The molecular formula is C34H60N4O6. The zero-order valence-electron chi connectivity index (χ0n) is 28.2. The zero-order valence-corrected chi connectivity index (χ0v) is 28.2. The molecule has 10 nitrogen and oxygen atoms in total. The Bertz CT molecular complexity index is 946. The van der Waals surface area contributed by atoms with Gasteiger partial charge in [-0.2, -0.15) is 0 Å². The molecule has 252 valence electrons. The van der Waals surface area contributed by atoms with Crippen molar-refractivity contribution in [2.45, 2.75) is 123 Å². The van der Waals surface area contributed by atoms with Crippen LogP contribution in [0.5, 0.6) is 0 Å². The van der Waals surface area contributed by atoms with Gasteiger partial charge in [0.15, 0.2) is 0 Å². The van der Waals surface area contributed by atoms with Gasteiger partial charge in [0.1, 0.15) is 13.2 Å². The van der Waals surface area contributed by atoms with Crippen molar-refractivity contribution in [3.05, 3.63) is 0 Å². The third kappa shape index (κ3) is 12.8. The molecule has 3 saturated carbocycles. The van der Waals surface area contributed by atoms with Crippen LogP contribution >= 0.6 is 0 Å². The highest BCUT2D eigenvalue weighted by Crippen LogP contribution is 2.49. The number of amides is 4. The SMILES string of the molecule is CN(CCOC(=O)NCC1(C)CC(CC(=O)OCCN(C)C(=O)NC2CCCCC2)CC(C)(C)C1)C(=O)CC1CCCCC1. The molecule has 0 aliphatic heterocycles. The molecule has 4 amide bonds. The minimum absolute atomic E-state index is 0.0162. The molecule has 0 aromatic rings. The van der Waals surface area contributed by atoms with Crippen molar-refractivity contribution in [3.63, 3.8) is 0 Å². The second-order valence-electron chi connectivity index (χ2n) is 15.1. The highest BCUT2D eigenvalue weighted by Gasteiger charge is 2.42. The van der Waals surface area contributed by atoms with Gasteiger partial charge in [0.05, 0.1) is 13.1 Å². The summed E-state index contributed by atoms with van der Waals surface area (Å²) in [4.78, 5) is 53.5. The molecule has 0 bridgehead atoms. The van der Waals surface area contributed by atoms with E-state index in [2.05, 4.69) is 31.4 Å². The molecular weight excluding hydrogens is 560 g/mol. The van der Waals surface area contributed by atoms with E-state index >= 15 is 0 Å². The third-order valence-corrected chi connectivity index (χ3v) is 9.89. The summed E-state index contributed by atoms with van der Waals surface area (Å²) in [7, 11) is 3.50. The number of esters is 1. The monoisotopic (exact) mass is 620 g/mol. The molecule has 3 rings (SSSR count). The van der Waals surface area contributed by atoms with Gasteiger partial charge in [0.2, 0.25) is 5.91 Å². The molecule has 2 atom stereocenters. The molecule has 3 aliphatic carbocycles. The average molecular weight is 621 g/mol. The summed E-state index contributed by atoms with van der Waals surface area (Å²) in [5.41, 5.74) is -0.168. The molecule has 0 aromatic carbocycles. The molecule has 10 heteroatoms. The number of rotatable bonds is 13. The maximum Gasteiger partial charge on any atom is 0.407 e. The van der Waals surface area contributed by atoms with Crippen molar-refractivity contribution >= 4 is 24.0 Å². The summed E-state index contributed by atoms with van der Waals surface area (Å²) in [5.74, 6) is 0.505. The first-order valence-corrected chi connectivity index (χ1v) is 17.2. The molecule has 0 saturated heterocycles. The third-order valence-electron chi connectivity index (χ3n) is 9.89. The van der Waals surface area contributed by atoms with Crippen molar-refractivity contribution in [2.24, 2.45) is 22.7 Å². The Hall–Kier alpha value is -2.52. The zero-order chi connectivity index (χ0) is 32.2. The lowest BCUT2D eigenvalue weighted by molar-refractivity contribution is -0.146. The van der Waals surface area contributed by atoms with E-state index in [4.69, 9.17) is 9.47 Å². The number of urea groups is 1. The number of hydrogen-bond donors (Lipinski definition) is 2. The molecule has 0 spiro atoms. The van der Waals surface area contributed by atoms with Crippen molar-refractivity contribution in [1.29, 1.82) is 0 Å². The number of nitrogens with one attached hydrogen (secondary N) is 2. The van der Waals surface area contributed by atoms with Gasteiger partial charge in [-0.1, -0.05) is 59.3 Å². The van der Waals surface area contributed by atoms with Crippen LogP contribution in [0.2, 0.25) is 0 Å². The fraction of sp³-hybridized carbons (Fsp3) is 0.882. The van der Waals surface area contributed by atoms with Crippen LogP contribution in [0.3, 0.4) is 0 Å². The summed E-state index contributed by atoms with van der Waals surface area (Å²) >= 11 is 0. The van der Waals surface area contributed by atoms with E-state index in [0.717, 1.165) is 57.8 Å². The van der Waals surface area contributed by atoms with Crippen LogP contribution in [-0.4, -0.2) is 86.8 Å². The molecule has 0 radical (unpaired) electrons. The largest absolute Gasteiger partial charge is 0.464 e. The van der Waals surface area contributed by atoms with Crippen LogP contribution in [0.25, 0.3) is 0 Å². The molecule has 44 heavy (non-hydrogen) atoms. The number of ether oxygens (including phenoxy) is 2. The average Bonchev–Trinajstić information content (AvgIpc) is 2.96. The summed E-state index contributed by atoms with van der Waals surface area (Å²) in [6.45, 7) is 8.11. The number of alkyl carbamates (subject to hydrolysis) is 1. The van der Waals surface area contributed by atoms with Crippen molar-refractivity contribution in [1.82, 2.24) is 20.4 Å². The van der Waals surface area contributed by atoms with Gasteiger partial charge in [-0.15, -0.1) is 0 Å². The smallest absolute Gasteiger partial charge is 0.407 e. The first-order valence-electron chi connectivity index (χ1n) is 17.2. The van der Waals surface area contributed by atoms with Crippen LogP contribution in [0, 0.1) is 22.7 Å². The van der Waals surface area contributed by atoms with Crippen molar-refractivity contribution in [2.75, 3.05) is 46.9 Å². The summed E-state index contributed by atoms with van der Waals surface area (Å²) in [5, 5.41) is 6.02. The van der Waals surface area contributed by atoms with Crippen LogP contribution < -0.4 is 10.6 Å². The Morgan fingerprint density at radius 1 is 0.750 bits per heavy atom. The van der Waals surface area contributed by atoms with Crippen molar-refractivity contribution in [3.8, 4) is 0 Å². The number of likely N-dealkylation sites (N-methyl/N-ethyl adjacent to an activating group) is 2. The standard InChI is InChI=1S/C34H60N4O6/c1-33(2)22-27(21-30(40)43-18-17-38(5)31(41)36-28-14-10-7-11-15-28)23-34(3,24-33)25-35-32(42)44-19-16-37(4)29(39)20-26-12-8-6-9-13-26/h26-28H,6-25H2,1-5H3,(H,35,42)(H,36,41). The summed E-state index contributed by atoms with van der Waals surface area (Å²) in [6.07, 6.45) is 14.6. The van der Waals surface area contributed by atoms with Crippen LogP contribution in [0.1, 0.15) is 117 Å². The minimum atomic E-state index is -0.477. The maximum atomic E-state index is 12.7. The molecule has 3 aliphatic rings. The van der Waals surface area contributed by atoms with Crippen LogP contribution in [0.4, 0.5) is 9.59 Å². The predicted octanol–water partition coefficient (Wildman–Crippen LogP) is 5.88. The molecule has 2 N–H and O–H groups in total. The Morgan fingerprint density at radius 2 is 1.36 bits per heavy atom. The summed E-state index contributed by atoms with van der Waals surface area (Å²) in [6, 6.07) is 0.133. The van der Waals surface area contributed by atoms with Crippen molar-refractivity contribution < 1.29 is 28.7 Å². The molecule has 2 unspecified atom stereocenters. The van der Waals surface area contributed by atoms with Gasteiger partial charge in [-0.05, 0) is 67.6 Å². The van der Waals surface area contributed by atoms with E-state index in [1.165, 1.54) is 25.7 Å². The first-order chi connectivity index (χ1) is 20.8. The molecule has 0 aromatic heterocycles. The lowest BCUT2D eigenvalue weighted by Crippen LogP contribution is -2.45. The van der Waals surface area contributed by atoms with E-state index in [0.29, 0.717) is 38.4 Å². The Balaban J connectivity index is 1.34.